The molecule has 0 bridgehead atoms. The summed E-state index contributed by atoms with van der Waals surface area (Å²) >= 11 is 5.97. The van der Waals surface area contributed by atoms with Crippen LogP contribution in [0.25, 0.3) is 0 Å². The second kappa shape index (κ2) is 6.09. The number of halogens is 1. The molecule has 0 aromatic heterocycles. The van der Waals surface area contributed by atoms with Crippen LogP contribution < -0.4 is 4.74 Å². The maximum absolute atomic E-state index is 10.3. The Labute approximate surface area is 118 Å². The van der Waals surface area contributed by atoms with Gasteiger partial charge in [0.25, 0.3) is 0 Å². The van der Waals surface area contributed by atoms with Gasteiger partial charge in [-0.1, -0.05) is 41.4 Å². The van der Waals surface area contributed by atoms with Gasteiger partial charge < -0.3 is 9.84 Å². The Bertz CT molecular complexity index is 549. The van der Waals surface area contributed by atoms with Crippen LogP contribution in [0.5, 0.6) is 5.75 Å². The number of ether oxygens (including phenoxy) is 1. The van der Waals surface area contributed by atoms with E-state index in [4.69, 9.17) is 16.3 Å². The van der Waals surface area contributed by atoms with Crippen LogP contribution in [-0.2, 0) is 6.42 Å². The van der Waals surface area contributed by atoms with Gasteiger partial charge >= 0.3 is 0 Å². The number of methoxy groups -OCH3 is 1. The highest BCUT2D eigenvalue weighted by Crippen LogP contribution is 2.30. The SMILES string of the molecule is COc1ccc(Cl)cc1C(O)Cc1ccc(C)cc1. The highest BCUT2D eigenvalue weighted by Gasteiger charge is 2.14. The average Bonchev–Trinajstić information content (AvgIpc) is 2.41. The summed E-state index contributed by atoms with van der Waals surface area (Å²) in [7, 11) is 1.59. The molecule has 2 aromatic carbocycles. The van der Waals surface area contributed by atoms with Crippen LogP contribution in [0.15, 0.2) is 42.5 Å². The van der Waals surface area contributed by atoms with Crippen LogP contribution in [0.4, 0.5) is 0 Å². The van der Waals surface area contributed by atoms with Crippen LogP contribution in [0.3, 0.4) is 0 Å². The third-order valence-corrected chi connectivity index (χ3v) is 3.34. The summed E-state index contributed by atoms with van der Waals surface area (Å²) in [5.41, 5.74) is 3.01. The molecular formula is C16H17ClO2. The van der Waals surface area contributed by atoms with E-state index < -0.39 is 6.10 Å². The third-order valence-electron chi connectivity index (χ3n) is 3.10. The number of aryl methyl sites for hydroxylation is 1. The van der Waals surface area contributed by atoms with Gasteiger partial charge in [0.1, 0.15) is 5.75 Å². The van der Waals surface area contributed by atoms with E-state index in [9.17, 15) is 5.11 Å². The predicted molar refractivity (Wildman–Crippen MR) is 77.8 cm³/mol. The molecule has 2 rings (SSSR count). The first-order valence-corrected chi connectivity index (χ1v) is 6.55. The van der Waals surface area contributed by atoms with Crippen molar-refractivity contribution in [3.05, 3.63) is 64.2 Å². The summed E-state index contributed by atoms with van der Waals surface area (Å²) in [4.78, 5) is 0. The summed E-state index contributed by atoms with van der Waals surface area (Å²) in [5.74, 6) is 0.656. The van der Waals surface area contributed by atoms with E-state index in [0.717, 1.165) is 11.1 Å². The van der Waals surface area contributed by atoms with Crippen molar-refractivity contribution in [2.24, 2.45) is 0 Å². The van der Waals surface area contributed by atoms with Crippen molar-refractivity contribution in [1.29, 1.82) is 0 Å². The first-order chi connectivity index (χ1) is 9.10. The van der Waals surface area contributed by atoms with E-state index >= 15 is 0 Å². The van der Waals surface area contributed by atoms with Gasteiger partial charge in [-0.25, -0.2) is 0 Å². The van der Waals surface area contributed by atoms with Crippen molar-refractivity contribution < 1.29 is 9.84 Å². The quantitative estimate of drug-likeness (QED) is 0.917. The minimum absolute atomic E-state index is 0.539. The molecule has 100 valence electrons. The Kier molecular flexibility index (Phi) is 4.46. The molecular weight excluding hydrogens is 260 g/mol. The average molecular weight is 277 g/mol. The zero-order chi connectivity index (χ0) is 13.8. The lowest BCUT2D eigenvalue weighted by atomic mass is 10.00. The molecule has 0 radical (unpaired) electrons. The van der Waals surface area contributed by atoms with Gasteiger partial charge in [0.15, 0.2) is 0 Å². The number of benzene rings is 2. The Morgan fingerprint density at radius 3 is 2.47 bits per heavy atom. The summed E-state index contributed by atoms with van der Waals surface area (Å²) in [6, 6.07) is 13.4. The monoisotopic (exact) mass is 276 g/mol. The fourth-order valence-electron chi connectivity index (χ4n) is 2.02. The molecule has 19 heavy (non-hydrogen) atoms. The molecule has 2 nitrogen and oxygen atoms in total. The van der Waals surface area contributed by atoms with Gasteiger partial charge in [-0.2, -0.15) is 0 Å². The molecule has 0 saturated carbocycles. The highest BCUT2D eigenvalue weighted by molar-refractivity contribution is 6.30. The van der Waals surface area contributed by atoms with E-state index in [2.05, 4.69) is 0 Å². The lowest BCUT2D eigenvalue weighted by Crippen LogP contribution is -2.04. The number of aliphatic hydroxyl groups excluding tert-OH is 1. The molecule has 1 atom stereocenters. The summed E-state index contributed by atoms with van der Waals surface area (Å²) in [6.45, 7) is 2.04. The lowest BCUT2D eigenvalue weighted by molar-refractivity contribution is 0.174. The van der Waals surface area contributed by atoms with E-state index in [1.807, 2.05) is 31.2 Å². The fourth-order valence-corrected chi connectivity index (χ4v) is 2.20. The largest absolute Gasteiger partial charge is 0.496 e. The molecule has 0 amide bonds. The molecule has 0 heterocycles. The molecule has 0 aliphatic heterocycles. The number of hydrogen-bond donors (Lipinski definition) is 1. The van der Waals surface area contributed by atoms with E-state index in [-0.39, 0.29) is 0 Å². The normalized spacial score (nSPS) is 12.2. The first kappa shape index (κ1) is 13.9. The Morgan fingerprint density at radius 2 is 1.84 bits per heavy atom. The Hall–Kier alpha value is -1.51. The smallest absolute Gasteiger partial charge is 0.124 e. The van der Waals surface area contributed by atoms with Crippen LogP contribution in [0.2, 0.25) is 5.02 Å². The lowest BCUT2D eigenvalue weighted by Gasteiger charge is -2.15. The molecule has 3 heteroatoms. The third kappa shape index (κ3) is 3.49. The highest BCUT2D eigenvalue weighted by atomic mass is 35.5. The number of aliphatic hydroxyl groups is 1. The number of rotatable bonds is 4. The number of hydrogen-bond acceptors (Lipinski definition) is 2. The molecule has 0 spiro atoms. The van der Waals surface area contributed by atoms with Crippen molar-refractivity contribution in [2.75, 3.05) is 7.11 Å². The van der Waals surface area contributed by atoms with E-state index in [0.29, 0.717) is 17.2 Å². The maximum atomic E-state index is 10.3. The van der Waals surface area contributed by atoms with Gasteiger partial charge in [0.05, 0.1) is 13.2 Å². The second-order valence-corrected chi connectivity index (χ2v) is 5.03. The van der Waals surface area contributed by atoms with Gasteiger partial charge in [0.2, 0.25) is 0 Å². The van der Waals surface area contributed by atoms with Gasteiger partial charge in [-0.05, 0) is 30.7 Å². The van der Waals surface area contributed by atoms with E-state index in [1.165, 1.54) is 5.56 Å². The Morgan fingerprint density at radius 1 is 1.16 bits per heavy atom. The summed E-state index contributed by atoms with van der Waals surface area (Å²) in [5, 5.41) is 10.9. The van der Waals surface area contributed by atoms with Crippen molar-refractivity contribution in [3.8, 4) is 5.75 Å². The molecule has 0 fully saturated rings. The molecule has 0 aliphatic rings. The zero-order valence-corrected chi connectivity index (χ0v) is 11.8. The fraction of sp³-hybridized carbons (Fsp3) is 0.250. The van der Waals surface area contributed by atoms with Crippen LogP contribution in [0.1, 0.15) is 22.8 Å². The predicted octanol–water partition coefficient (Wildman–Crippen LogP) is 3.93. The molecule has 0 aliphatic carbocycles. The van der Waals surface area contributed by atoms with E-state index in [1.54, 1.807) is 25.3 Å². The summed E-state index contributed by atoms with van der Waals surface area (Å²) in [6.07, 6.45) is -0.0897. The maximum Gasteiger partial charge on any atom is 0.124 e. The van der Waals surface area contributed by atoms with Crippen LogP contribution in [0, 0.1) is 6.92 Å². The minimum atomic E-state index is -0.628. The van der Waals surface area contributed by atoms with Crippen LogP contribution >= 0.6 is 11.6 Å². The molecule has 1 N–H and O–H groups in total. The van der Waals surface area contributed by atoms with Crippen molar-refractivity contribution in [3.63, 3.8) is 0 Å². The summed E-state index contributed by atoms with van der Waals surface area (Å²) < 4.78 is 5.26. The first-order valence-electron chi connectivity index (χ1n) is 6.17. The standard InChI is InChI=1S/C16H17ClO2/c1-11-3-5-12(6-4-11)9-15(18)14-10-13(17)7-8-16(14)19-2/h3-8,10,15,18H,9H2,1-2H3. The second-order valence-electron chi connectivity index (χ2n) is 4.59. The zero-order valence-electron chi connectivity index (χ0n) is 11.1. The topological polar surface area (TPSA) is 29.5 Å². The minimum Gasteiger partial charge on any atom is -0.496 e. The van der Waals surface area contributed by atoms with Crippen molar-refractivity contribution >= 4 is 11.6 Å². The van der Waals surface area contributed by atoms with Gasteiger partial charge in [0, 0.05) is 17.0 Å². The van der Waals surface area contributed by atoms with Gasteiger partial charge in [-0.3, -0.25) is 0 Å². The van der Waals surface area contributed by atoms with Crippen LogP contribution in [-0.4, -0.2) is 12.2 Å². The van der Waals surface area contributed by atoms with Gasteiger partial charge in [-0.15, -0.1) is 0 Å². The molecule has 0 saturated heterocycles. The molecule has 2 aromatic rings. The van der Waals surface area contributed by atoms with Crippen molar-refractivity contribution in [1.82, 2.24) is 0 Å². The Balaban J connectivity index is 2.21. The van der Waals surface area contributed by atoms with Crippen molar-refractivity contribution in [2.45, 2.75) is 19.4 Å². The molecule has 1 unspecified atom stereocenters.